The van der Waals surface area contributed by atoms with Crippen molar-refractivity contribution in [1.82, 2.24) is 19.7 Å². The third kappa shape index (κ3) is 3.76. The van der Waals surface area contributed by atoms with E-state index in [4.69, 9.17) is 4.74 Å². The van der Waals surface area contributed by atoms with Crippen molar-refractivity contribution < 1.29 is 9.84 Å². The largest absolute Gasteiger partial charge is 0.389 e. The highest BCUT2D eigenvalue weighted by molar-refractivity contribution is 4.90. The summed E-state index contributed by atoms with van der Waals surface area (Å²) < 4.78 is 7.48. The third-order valence-corrected chi connectivity index (χ3v) is 3.14. The van der Waals surface area contributed by atoms with E-state index >= 15 is 0 Å². The Morgan fingerprint density at radius 2 is 2.39 bits per heavy atom. The number of β-amino-alcohol motifs (C(OH)–C–C–N with tert-alkyl or cyclic N) is 1. The van der Waals surface area contributed by atoms with Gasteiger partial charge < -0.3 is 14.4 Å². The van der Waals surface area contributed by atoms with Gasteiger partial charge in [0.25, 0.3) is 0 Å². The predicted molar refractivity (Wildman–Crippen MR) is 67.0 cm³/mol. The Morgan fingerprint density at radius 1 is 1.50 bits per heavy atom. The minimum Gasteiger partial charge on any atom is -0.389 e. The second kappa shape index (κ2) is 6.82. The molecule has 0 aromatic carbocycles. The summed E-state index contributed by atoms with van der Waals surface area (Å²) >= 11 is 0. The van der Waals surface area contributed by atoms with Gasteiger partial charge in [-0.2, -0.15) is 0 Å². The molecule has 2 rings (SSSR count). The molecule has 1 aromatic heterocycles. The fraction of sp³-hybridized carbons (Fsp3) is 0.833. The molecule has 1 atom stereocenters. The zero-order valence-corrected chi connectivity index (χ0v) is 11.0. The van der Waals surface area contributed by atoms with Crippen LogP contribution >= 0.6 is 0 Å². The van der Waals surface area contributed by atoms with Gasteiger partial charge in [-0.05, 0) is 6.42 Å². The first-order valence-electron chi connectivity index (χ1n) is 6.64. The number of aliphatic hydroxyl groups is 1. The van der Waals surface area contributed by atoms with Crippen LogP contribution in [-0.2, 0) is 17.8 Å². The van der Waals surface area contributed by atoms with E-state index in [1.165, 1.54) is 0 Å². The maximum atomic E-state index is 9.89. The van der Waals surface area contributed by atoms with Crippen molar-refractivity contribution in [2.75, 3.05) is 26.3 Å². The molecule has 18 heavy (non-hydrogen) atoms. The Labute approximate surface area is 108 Å². The second-order valence-electron chi connectivity index (χ2n) is 4.76. The van der Waals surface area contributed by atoms with Crippen molar-refractivity contribution in [3.8, 4) is 0 Å². The normalized spacial score (nSPS) is 17.7. The fourth-order valence-corrected chi connectivity index (χ4v) is 2.09. The highest BCUT2D eigenvalue weighted by atomic mass is 16.5. The van der Waals surface area contributed by atoms with Gasteiger partial charge in [-0.25, -0.2) is 0 Å². The van der Waals surface area contributed by atoms with E-state index in [0.29, 0.717) is 13.2 Å². The van der Waals surface area contributed by atoms with Gasteiger partial charge in [0.2, 0.25) is 0 Å². The maximum absolute atomic E-state index is 9.89. The Bertz CT molecular complexity index is 356. The molecule has 0 radical (unpaired) electrons. The van der Waals surface area contributed by atoms with Gasteiger partial charge in [0.15, 0.2) is 0 Å². The summed E-state index contributed by atoms with van der Waals surface area (Å²) in [6.45, 7) is 6.50. The lowest BCUT2D eigenvalue weighted by molar-refractivity contribution is 0.0110. The molecule has 6 nitrogen and oxygen atoms in total. The van der Waals surface area contributed by atoms with Crippen LogP contribution in [0.25, 0.3) is 0 Å². The highest BCUT2D eigenvalue weighted by Crippen LogP contribution is 2.09. The molecule has 1 aromatic rings. The average molecular weight is 254 g/mol. The molecule has 1 N–H and O–H groups in total. The molecule has 1 unspecified atom stereocenters. The molecule has 0 spiro atoms. The van der Waals surface area contributed by atoms with E-state index in [1.54, 1.807) is 6.33 Å². The van der Waals surface area contributed by atoms with Crippen LogP contribution < -0.4 is 0 Å². The summed E-state index contributed by atoms with van der Waals surface area (Å²) in [5.74, 6) is 0.973. The number of hydrogen-bond donors (Lipinski definition) is 1. The summed E-state index contributed by atoms with van der Waals surface area (Å²) in [4.78, 5) is 2.19. The summed E-state index contributed by atoms with van der Waals surface area (Å²) in [5, 5.41) is 17.8. The number of aromatic nitrogens is 3. The number of ether oxygens (including phenoxy) is 1. The molecule has 0 saturated carbocycles. The Kier molecular flexibility index (Phi) is 5.10. The minimum absolute atomic E-state index is 0.420. The molecule has 0 amide bonds. The van der Waals surface area contributed by atoms with Gasteiger partial charge in [0.1, 0.15) is 12.2 Å². The minimum atomic E-state index is -0.420. The van der Waals surface area contributed by atoms with Crippen LogP contribution in [0.3, 0.4) is 0 Å². The van der Waals surface area contributed by atoms with Crippen molar-refractivity contribution in [3.05, 3.63) is 12.2 Å². The molecular formula is C12H22N4O2. The van der Waals surface area contributed by atoms with E-state index in [-0.39, 0.29) is 0 Å². The van der Waals surface area contributed by atoms with Gasteiger partial charge >= 0.3 is 0 Å². The molecule has 6 heteroatoms. The molecule has 0 bridgehead atoms. The topological polar surface area (TPSA) is 63.4 Å². The van der Waals surface area contributed by atoms with E-state index in [0.717, 1.165) is 44.9 Å². The number of hydrogen-bond acceptors (Lipinski definition) is 5. The van der Waals surface area contributed by atoms with E-state index in [1.807, 2.05) is 0 Å². The summed E-state index contributed by atoms with van der Waals surface area (Å²) in [6, 6.07) is 0. The summed E-state index contributed by atoms with van der Waals surface area (Å²) in [5.41, 5.74) is 0. The first-order valence-corrected chi connectivity index (χ1v) is 6.64. The fourth-order valence-electron chi connectivity index (χ4n) is 2.09. The van der Waals surface area contributed by atoms with Crippen LogP contribution in [0.2, 0.25) is 0 Å². The molecule has 1 aliphatic heterocycles. The maximum Gasteiger partial charge on any atom is 0.147 e. The quantitative estimate of drug-likeness (QED) is 0.708. The van der Waals surface area contributed by atoms with Crippen LogP contribution in [0.4, 0.5) is 0 Å². The number of unbranched alkanes of at least 4 members (excludes halogenated alkanes) is 1. The monoisotopic (exact) mass is 254 g/mol. The smallest absolute Gasteiger partial charge is 0.147 e. The number of rotatable bonds is 7. The van der Waals surface area contributed by atoms with Crippen LogP contribution in [0.1, 0.15) is 25.6 Å². The van der Waals surface area contributed by atoms with Crippen LogP contribution in [0.15, 0.2) is 6.33 Å². The third-order valence-electron chi connectivity index (χ3n) is 3.14. The lowest BCUT2D eigenvalue weighted by Gasteiger charge is -2.28. The summed E-state index contributed by atoms with van der Waals surface area (Å²) in [6.07, 6.45) is 3.52. The van der Waals surface area contributed by atoms with Crippen molar-refractivity contribution in [2.24, 2.45) is 0 Å². The number of nitrogens with zero attached hydrogens (tertiary/aromatic N) is 4. The number of fused-ring (bicyclic) bond motifs is 1. The zero-order chi connectivity index (χ0) is 12.8. The molecule has 2 heterocycles. The zero-order valence-electron chi connectivity index (χ0n) is 11.0. The molecule has 0 aliphatic carbocycles. The van der Waals surface area contributed by atoms with Gasteiger partial charge in [-0.15, -0.1) is 10.2 Å². The Morgan fingerprint density at radius 3 is 3.22 bits per heavy atom. The average Bonchev–Trinajstić information content (AvgIpc) is 2.82. The van der Waals surface area contributed by atoms with Crippen LogP contribution in [0.5, 0.6) is 0 Å². The van der Waals surface area contributed by atoms with Gasteiger partial charge in [-0.3, -0.25) is 4.90 Å². The SMILES string of the molecule is CCCCOCC(O)CN1CCn2cnnc2C1. The first-order chi connectivity index (χ1) is 8.79. The van der Waals surface area contributed by atoms with E-state index in [2.05, 4.69) is 26.6 Å². The van der Waals surface area contributed by atoms with Crippen molar-refractivity contribution in [2.45, 2.75) is 39.0 Å². The van der Waals surface area contributed by atoms with Crippen molar-refractivity contribution >= 4 is 0 Å². The molecule has 102 valence electrons. The highest BCUT2D eigenvalue weighted by Gasteiger charge is 2.19. The number of aliphatic hydroxyl groups excluding tert-OH is 1. The van der Waals surface area contributed by atoms with Gasteiger partial charge in [-0.1, -0.05) is 13.3 Å². The molecule has 0 saturated heterocycles. The molecular weight excluding hydrogens is 232 g/mol. The standard InChI is InChI=1S/C12H22N4O2/c1-2-3-6-18-9-11(17)7-15-4-5-16-10-13-14-12(16)8-15/h10-11,17H,2-9H2,1H3. The molecule has 1 aliphatic rings. The van der Waals surface area contributed by atoms with Crippen molar-refractivity contribution in [1.29, 1.82) is 0 Å². The van der Waals surface area contributed by atoms with Crippen LogP contribution in [-0.4, -0.2) is 57.2 Å². The predicted octanol–water partition coefficient (Wildman–Crippen LogP) is 0.271. The van der Waals surface area contributed by atoms with Gasteiger partial charge in [0, 0.05) is 26.2 Å². The van der Waals surface area contributed by atoms with Crippen LogP contribution in [0, 0.1) is 0 Å². The second-order valence-corrected chi connectivity index (χ2v) is 4.76. The van der Waals surface area contributed by atoms with Crippen molar-refractivity contribution in [3.63, 3.8) is 0 Å². The summed E-state index contributed by atoms with van der Waals surface area (Å²) in [7, 11) is 0. The van der Waals surface area contributed by atoms with E-state index in [9.17, 15) is 5.11 Å². The Balaban J connectivity index is 1.67. The van der Waals surface area contributed by atoms with E-state index < -0.39 is 6.10 Å². The first kappa shape index (κ1) is 13.5. The lowest BCUT2D eigenvalue weighted by atomic mass is 10.3. The molecule has 0 fully saturated rings. The Hall–Kier alpha value is -0.980. The lowest BCUT2D eigenvalue weighted by Crippen LogP contribution is -2.40. The van der Waals surface area contributed by atoms with Gasteiger partial charge in [0.05, 0.1) is 19.3 Å².